The van der Waals surface area contributed by atoms with Gasteiger partial charge in [0.25, 0.3) is 0 Å². The van der Waals surface area contributed by atoms with E-state index in [2.05, 4.69) is 36.6 Å². The Balaban J connectivity index is 1.89. The van der Waals surface area contributed by atoms with Gasteiger partial charge in [-0.05, 0) is 33.9 Å². The van der Waals surface area contributed by atoms with Crippen LogP contribution in [0.25, 0.3) is 0 Å². The van der Waals surface area contributed by atoms with Gasteiger partial charge in [0.1, 0.15) is 5.75 Å². The Hall–Kier alpha value is -1.14. The molecule has 2 rings (SSSR count). The Morgan fingerprint density at radius 3 is 2.54 bits per heavy atom. The summed E-state index contributed by atoms with van der Waals surface area (Å²) < 4.78 is 11.2. The summed E-state index contributed by atoms with van der Waals surface area (Å²) in [6.45, 7) is 9.39. The van der Waals surface area contributed by atoms with Gasteiger partial charge in [0.05, 0.1) is 25.4 Å². The van der Waals surface area contributed by atoms with Crippen molar-refractivity contribution in [1.29, 1.82) is 0 Å². The molecule has 136 valence electrons. The maximum absolute atomic E-state index is 10.5. The van der Waals surface area contributed by atoms with Crippen LogP contribution in [-0.4, -0.2) is 73.6 Å². The summed E-state index contributed by atoms with van der Waals surface area (Å²) in [6.07, 6.45) is 0.0713. The second-order valence-electron chi connectivity index (χ2n) is 6.99. The molecule has 0 amide bonds. The lowest BCUT2D eigenvalue weighted by Gasteiger charge is -2.37. The number of rotatable bonds is 7. The number of morpholine rings is 1. The molecule has 1 fully saturated rings. The summed E-state index contributed by atoms with van der Waals surface area (Å²) in [5.74, 6) is 0.891. The second kappa shape index (κ2) is 8.81. The van der Waals surface area contributed by atoms with Gasteiger partial charge in [0, 0.05) is 37.8 Å². The lowest BCUT2D eigenvalue weighted by Crippen LogP contribution is -2.49. The number of likely N-dealkylation sites (N-methyl/N-ethyl adjacent to an activating group) is 1. The third kappa shape index (κ3) is 5.18. The molecule has 1 heterocycles. The largest absolute Gasteiger partial charge is 0.496 e. The van der Waals surface area contributed by atoms with Crippen LogP contribution in [0.3, 0.4) is 0 Å². The van der Waals surface area contributed by atoms with Crippen LogP contribution in [0.2, 0.25) is 0 Å². The maximum Gasteiger partial charge on any atom is 0.123 e. The molecule has 0 saturated carbocycles. The van der Waals surface area contributed by atoms with Gasteiger partial charge in [-0.25, -0.2) is 0 Å². The van der Waals surface area contributed by atoms with Gasteiger partial charge in [0.15, 0.2) is 0 Å². The zero-order valence-electron chi connectivity index (χ0n) is 15.6. The van der Waals surface area contributed by atoms with Crippen molar-refractivity contribution >= 4 is 0 Å². The summed E-state index contributed by atoms with van der Waals surface area (Å²) in [5.41, 5.74) is 1.14. The van der Waals surface area contributed by atoms with Gasteiger partial charge in [-0.1, -0.05) is 18.2 Å². The van der Waals surface area contributed by atoms with E-state index in [1.54, 1.807) is 7.11 Å². The van der Waals surface area contributed by atoms with E-state index in [0.717, 1.165) is 24.4 Å². The summed E-state index contributed by atoms with van der Waals surface area (Å²) in [5, 5.41) is 10.5. The third-order valence-corrected chi connectivity index (χ3v) is 4.71. The highest BCUT2D eigenvalue weighted by atomic mass is 16.5. The fourth-order valence-electron chi connectivity index (χ4n) is 3.53. The molecule has 0 spiro atoms. The van der Waals surface area contributed by atoms with E-state index in [9.17, 15) is 5.11 Å². The number of hydrogen-bond donors (Lipinski definition) is 1. The van der Waals surface area contributed by atoms with Crippen molar-refractivity contribution in [2.75, 3.05) is 40.3 Å². The third-order valence-electron chi connectivity index (χ3n) is 4.71. The Labute approximate surface area is 146 Å². The van der Waals surface area contributed by atoms with E-state index in [4.69, 9.17) is 9.47 Å². The molecule has 4 atom stereocenters. The van der Waals surface area contributed by atoms with Crippen LogP contribution in [-0.2, 0) is 4.74 Å². The van der Waals surface area contributed by atoms with Crippen LogP contribution in [0.1, 0.15) is 32.4 Å². The number of hydrogen-bond acceptors (Lipinski definition) is 5. The van der Waals surface area contributed by atoms with Crippen LogP contribution < -0.4 is 4.74 Å². The molecule has 1 aliphatic heterocycles. The lowest BCUT2D eigenvalue weighted by molar-refractivity contribution is -0.0781. The van der Waals surface area contributed by atoms with Gasteiger partial charge in [-0.3, -0.25) is 9.80 Å². The molecule has 1 aromatic carbocycles. The van der Waals surface area contributed by atoms with Gasteiger partial charge >= 0.3 is 0 Å². The summed E-state index contributed by atoms with van der Waals surface area (Å²) in [7, 11) is 3.74. The number of ether oxygens (including phenoxy) is 2. The highest BCUT2D eigenvalue weighted by molar-refractivity contribution is 5.35. The average molecular weight is 336 g/mol. The molecule has 0 aliphatic carbocycles. The topological polar surface area (TPSA) is 45.2 Å². The minimum atomic E-state index is -0.385. The summed E-state index contributed by atoms with van der Waals surface area (Å²) in [6, 6.07) is 8.24. The van der Waals surface area contributed by atoms with Crippen LogP contribution >= 0.6 is 0 Å². The van der Waals surface area contributed by atoms with E-state index < -0.39 is 0 Å². The highest BCUT2D eigenvalue weighted by Gasteiger charge is 2.25. The van der Waals surface area contributed by atoms with E-state index in [1.807, 2.05) is 25.2 Å². The van der Waals surface area contributed by atoms with Gasteiger partial charge in [-0.2, -0.15) is 0 Å². The maximum atomic E-state index is 10.5. The van der Waals surface area contributed by atoms with Crippen molar-refractivity contribution in [1.82, 2.24) is 9.80 Å². The van der Waals surface area contributed by atoms with Crippen molar-refractivity contribution in [2.45, 2.75) is 45.1 Å². The molecule has 1 saturated heterocycles. The molecule has 1 aliphatic rings. The number of benzene rings is 1. The van der Waals surface area contributed by atoms with Crippen molar-refractivity contribution in [3.63, 3.8) is 0 Å². The molecule has 1 aromatic rings. The predicted molar refractivity (Wildman–Crippen MR) is 96.5 cm³/mol. The average Bonchev–Trinajstić information content (AvgIpc) is 2.52. The molecular weight excluding hydrogens is 304 g/mol. The second-order valence-corrected chi connectivity index (χ2v) is 6.99. The lowest BCUT2D eigenvalue weighted by atomic mass is 10.1. The quantitative estimate of drug-likeness (QED) is 0.827. The molecule has 0 bridgehead atoms. The van der Waals surface area contributed by atoms with Gasteiger partial charge in [-0.15, -0.1) is 0 Å². The fraction of sp³-hybridized carbons (Fsp3) is 0.684. The molecule has 5 nitrogen and oxygen atoms in total. The normalized spacial score (nSPS) is 24.8. The smallest absolute Gasteiger partial charge is 0.123 e. The minimum Gasteiger partial charge on any atom is -0.496 e. The molecule has 24 heavy (non-hydrogen) atoms. The van der Waals surface area contributed by atoms with Crippen LogP contribution in [0, 0.1) is 0 Å². The van der Waals surface area contributed by atoms with Crippen molar-refractivity contribution < 1.29 is 14.6 Å². The number of nitrogens with zero attached hydrogens (tertiary/aromatic N) is 2. The molecule has 0 radical (unpaired) electrons. The first kappa shape index (κ1) is 19.2. The summed E-state index contributed by atoms with van der Waals surface area (Å²) in [4.78, 5) is 4.47. The zero-order valence-corrected chi connectivity index (χ0v) is 15.6. The highest BCUT2D eigenvalue weighted by Crippen LogP contribution is 2.28. The van der Waals surface area contributed by atoms with Crippen molar-refractivity contribution in [3.05, 3.63) is 29.8 Å². The standard InChI is InChI=1S/C19H32N2O3/c1-14-10-21(11-15(2)24-14)13-17(22)12-20(4)16(3)18-8-6-7-9-19(18)23-5/h6-9,14-17,22H,10-13H2,1-5H3. The zero-order chi connectivity index (χ0) is 17.7. The molecule has 5 heteroatoms. The van der Waals surface area contributed by atoms with Crippen LogP contribution in [0.5, 0.6) is 5.75 Å². The Kier molecular flexibility index (Phi) is 7.04. The monoisotopic (exact) mass is 336 g/mol. The number of aliphatic hydroxyl groups excluding tert-OH is 1. The van der Waals surface area contributed by atoms with Crippen LogP contribution in [0.4, 0.5) is 0 Å². The number of methoxy groups -OCH3 is 1. The molecule has 4 unspecified atom stereocenters. The molecule has 0 aromatic heterocycles. The van der Waals surface area contributed by atoms with Gasteiger partial charge < -0.3 is 14.6 Å². The van der Waals surface area contributed by atoms with Crippen molar-refractivity contribution in [3.8, 4) is 5.75 Å². The van der Waals surface area contributed by atoms with Crippen LogP contribution in [0.15, 0.2) is 24.3 Å². The molecule has 1 N–H and O–H groups in total. The number of para-hydroxylation sites is 1. The first-order valence-electron chi connectivity index (χ1n) is 8.79. The summed E-state index contributed by atoms with van der Waals surface area (Å²) >= 11 is 0. The Morgan fingerprint density at radius 2 is 1.92 bits per heavy atom. The van der Waals surface area contributed by atoms with Crippen molar-refractivity contribution in [2.24, 2.45) is 0 Å². The van der Waals surface area contributed by atoms with Gasteiger partial charge in [0.2, 0.25) is 0 Å². The predicted octanol–water partition coefficient (Wildman–Crippen LogP) is 2.16. The van der Waals surface area contributed by atoms with E-state index in [-0.39, 0.29) is 24.4 Å². The minimum absolute atomic E-state index is 0.179. The first-order valence-corrected chi connectivity index (χ1v) is 8.79. The Morgan fingerprint density at radius 1 is 1.29 bits per heavy atom. The first-order chi connectivity index (χ1) is 11.4. The van der Waals surface area contributed by atoms with E-state index in [0.29, 0.717) is 13.1 Å². The van der Waals surface area contributed by atoms with E-state index >= 15 is 0 Å². The van der Waals surface area contributed by atoms with E-state index in [1.165, 1.54) is 0 Å². The molecular formula is C19H32N2O3. The Bertz CT molecular complexity index is 501. The fourth-order valence-corrected chi connectivity index (χ4v) is 3.53. The number of aliphatic hydroxyl groups is 1. The SMILES string of the molecule is COc1ccccc1C(C)N(C)CC(O)CN1CC(C)OC(C)C1. The number of β-amino-alcohol motifs (C(OH)–C–C–N with tert-alkyl or cyclic N) is 1.